The van der Waals surface area contributed by atoms with Crippen LogP contribution in [-0.4, -0.2) is 54.0 Å². The van der Waals surface area contributed by atoms with E-state index in [1.165, 1.54) is 0 Å². The summed E-state index contributed by atoms with van der Waals surface area (Å²) in [6.45, 7) is 6.03. The second-order valence-corrected chi connectivity index (χ2v) is 7.53. The zero-order valence-electron chi connectivity index (χ0n) is 14.0. The molecule has 3 atom stereocenters. The molecule has 0 radical (unpaired) electrons. The Bertz CT molecular complexity index is 512. The van der Waals surface area contributed by atoms with Gasteiger partial charge in [-0.25, -0.2) is 4.79 Å². The number of hydrogen-bond acceptors (Lipinski definition) is 4. The highest BCUT2D eigenvalue weighted by atomic mass is 32.2. The Morgan fingerprint density at radius 3 is 2.75 bits per heavy atom. The van der Waals surface area contributed by atoms with Gasteiger partial charge in [-0.2, -0.15) is 11.8 Å². The lowest BCUT2D eigenvalue weighted by atomic mass is 10.0. The van der Waals surface area contributed by atoms with Crippen molar-refractivity contribution in [3.63, 3.8) is 0 Å². The average molecular weight is 354 g/mol. The molecule has 0 aliphatic carbocycles. The van der Waals surface area contributed by atoms with Gasteiger partial charge in [0, 0.05) is 36.1 Å². The molecule has 0 spiro atoms. The van der Waals surface area contributed by atoms with Crippen LogP contribution in [0.25, 0.3) is 0 Å². The number of hydrogen-bond donors (Lipinski definition) is 4. The van der Waals surface area contributed by atoms with Crippen LogP contribution in [0.15, 0.2) is 12.2 Å². The van der Waals surface area contributed by atoms with Crippen molar-refractivity contribution in [2.45, 2.75) is 49.9 Å². The van der Waals surface area contributed by atoms with Gasteiger partial charge in [0.2, 0.25) is 11.8 Å². The van der Waals surface area contributed by atoms with E-state index in [2.05, 4.69) is 27.8 Å². The number of amides is 4. The number of carbonyl (C=O) groups excluding carboxylic acids is 3. The summed E-state index contributed by atoms with van der Waals surface area (Å²) < 4.78 is 0. The normalized spacial score (nSPS) is 24.7. The SMILES string of the molecule is C=C(C)C(=O)NCCNC(=O)CCCC[C@@H]1SC[C@@H]2NC(=O)N[C@@H]21. The molecule has 2 heterocycles. The van der Waals surface area contributed by atoms with Gasteiger partial charge in [0.25, 0.3) is 0 Å². The maximum atomic E-state index is 11.7. The Hall–Kier alpha value is -1.70. The molecule has 2 aliphatic heterocycles. The number of rotatable bonds is 9. The van der Waals surface area contributed by atoms with Crippen molar-refractivity contribution in [3.8, 4) is 0 Å². The summed E-state index contributed by atoms with van der Waals surface area (Å²) in [6.07, 6.45) is 3.30. The second kappa shape index (κ2) is 8.96. The molecule has 24 heavy (non-hydrogen) atoms. The van der Waals surface area contributed by atoms with Crippen LogP contribution in [-0.2, 0) is 9.59 Å². The summed E-state index contributed by atoms with van der Waals surface area (Å²) >= 11 is 1.89. The van der Waals surface area contributed by atoms with Crippen molar-refractivity contribution in [3.05, 3.63) is 12.2 Å². The lowest BCUT2D eigenvalue weighted by Crippen LogP contribution is -2.36. The fourth-order valence-corrected chi connectivity index (χ4v) is 4.43. The Morgan fingerprint density at radius 2 is 2.00 bits per heavy atom. The van der Waals surface area contributed by atoms with Gasteiger partial charge in [0.1, 0.15) is 0 Å². The molecule has 4 amide bonds. The lowest BCUT2D eigenvalue weighted by Gasteiger charge is -2.16. The fraction of sp³-hybridized carbons (Fsp3) is 0.688. The molecular weight excluding hydrogens is 328 g/mol. The third-order valence-corrected chi connectivity index (χ3v) is 5.71. The first-order valence-electron chi connectivity index (χ1n) is 8.36. The lowest BCUT2D eigenvalue weighted by molar-refractivity contribution is -0.121. The van der Waals surface area contributed by atoms with E-state index in [4.69, 9.17) is 0 Å². The van der Waals surface area contributed by atoms with E-state index in [-0.39, 0.29) is 29.9 Å². The van der Waals surface area contributed by atoms with Gasteiger partial charge in [0.05, 0.1) is 12.1 Å². The van der Waals surface area contributed by atoms with E-state index < -0.39 is 0 Å². The number of urea groups is 1. The van der Waals surface area contributed by atoms with Gasteiger partial charge < -0.3 is 21.3 Å². The molecule has 4 N–H and O–H groups in total. The van der Waals surface area contributed by atoms with E-state index in [1.54, 1.807) is 6.92 Å². The molecule has 134 valence electrons. The van der Waals surface area contributed by atoms with Gasteiger partial charge in [-0.1, -0.05) is 13.0 Å². The van der Waals surface area contributed by atoms with Crippen molar-refractivity contribution >= 4 is 29.6 Å². The quantitative estimate of drug-likeness (QED) is 0.276. The smallest absolute Gasteiger partial charge is 0.315 e. The highest BCUT2D eigenvalue weighted by molar-refractivity contribution is 8.00. The van der Waals surface area contributed by atoms with Crippen molar-refractivity contribution in [2.75, 3.05) is 18.8 Å². The number of nitrogens with one attached hydrogen (secondary N) is 4. The molecule has 0 saturated carbocycles. The van der Waals surface area contributed by atoms with Crippen molar-refractivity contribution < 1.29 is 14.4 Å². The minimum Gasteiger partial charge on any atom is -0.354 e. The Morgan fingerprint density at radius 1 is 1.25 bits per heavy atom. The van der Waals surface area contributed by atoms with E-state index in [0.29, 0.717) is 30.3 Å². The third kappa shape index (κ3) is 5.43. The summed E-state index contributed by atoms with van der Waals surface area (Å²) in [5.41, 5.74) is 0.460. The van der Waals surface area contributed by atoms with Crippen LogP contribution in [0.4, 0.5) is 4.79 Å². The van der Waals surface area contributed by atoms with Crippen LogP contribution >= 0.6 is 11.8 Å². The highest BCUT2D eigenvalue weighted by Crippen LogP contribution is 2.33. The van der Waals surface area contributed by atoms with Crippen molar-refractivity contribution in [1.29, 1.82) is 0 Å². The minimum absolute atomic E-state index is 0.00682. The molecule has 0 aromatic carbocycles. The Labute approximate surface area is 146 Å². The van der Waals surface area contributed by atoms with Crippen molar-refractivity contribution in [1.82, 2.24) is 21.3 Å². The maximum absolute atomic E-state index is 11.7. The third-order valence-electron chi connectivity index (χ3n) is 4.20. The summed E-state index contributed by atoms with van der Waals surface area (Å²) in [5.74, 6) is 0.780. The number of carbonyl (C=O) groups is 3. The molecule has 7 nitrogen and oxygen atoms in total. The van der Waals surface area contributed by atoms with E-state index >= 15 is 0 Å². The molecule has 0 unspecified atom stereocenters. The Balaban J connectivity index is 1.50. The average Bonchev–Trinajstić information content (AvgIpc) is 3.07. The first kappa shape index (κ1) is 18.6. The van der Waals surface area contributed by atoms with E-state index in [0.717, 1.165) is 25.0 Å². The van der Waals surface area contributed by atoms with Crippen LogP contribution in [0.5, 0.6) is 0 Å². The van der Waals surface area contributed by atoms with Gasteiger partial charge in [0.15, 0.2) is 0 Å². The summed E-state index contributed by atoms with van der Waals surface area (Å²) in [7, 11) is 0. The number of thioether (sulfide) groups is 1. The van der Waals surface area contributed by atoms with Crippen LogP contribution in [0.2, 0.25) is 0 Å². The maximum Gasteiger partial charge on any atom is 0.315 e. The van der Waals surface area contributed by atoms with Crippen LogP contribution in [0.1, 0.15) is 32.6 Å². The van der Waals surface area contributed by atoms with Crippen LogP contribution < -0.4 is 21.3 Å². The topological polar surface area (TPSA) is 99.3 Å². The summed E-state index contributed by atoms with van der Waals surface area (Å²) in [5, 5.41) is 11.8. The molecule has 2 fully saturated rings. The molecule has 0 aromatic rings. The van der Waals surface area contributed by atoms with E-state index in [9.17, 15) is 14.4 Å². The van der Waals surface area contributed by atoms with Gasteiger partial charge in [-0.3, -0.25) is 9.59 Å². The summed E-state index contributed by atoms with van der Waals surface area (Å²) in [4.78, 5) is 34.3. The molecule has 0 bridgehead atoms. The van der Waals surface area contributed by atoms with Gasteiger partial charge in [-0.15, -0.1) is 0 Å². The number of unbranched alkanes of at least 4 members (excludes halogenated alkanes) is 1. The number of fused-ring (bicyclic) bond motifs is 1. The minimum atomic E-state index is -0.190. The molecule has 0 aromatic heterocycles. The van der Waals surface area contributed by atoms with E-state index in [1.807, 2.05) is 11.8 Å². The largest absolute Gasteiger partial charge is 0.354 e. The van der Waals surface area contributed by atoms with Gasteiger partial charge >= 0.3 is 6.03 Å². The van der Waals surface area contributed by atoms with Crippen LogP contribution in [0.3, 0.4) is 0 Å². The van der Waals surface area contributed by atoms with Gasteiger partial charge in [-0.05, 0) is 19.8 Å². The summed E-state index contributed by atoms with van der Waals surface area (Å²) in [6, 6.07) is 0.423. The monoisotopic (exact) mass is 354 g/mol. The molecule has 8 heteroatoms. The molecule has 2 saturated heterocycles. The first-order valence-corrected chi connectivity index (χ1v) is 9.41. The predicted molar refractivity (Wildman–Crippen MR) is 94.8 cm³/mol. The standard InChI is InChI=1S/C16H26N4O3S/c1-10(2)15(22)18-8-7-17-13(21)6-4-3-5-12-14-11(9-24-12)19-16(23)20-14/h11-12,14H,1,3-9H2,2H3,(H,17,21)(H,18,22)(H2,19,20,23)/t11-,12-,14-/m0/s1. The Kier molecular flexibility index (Phi) is 6.96. The van der Waals surface area contributed by atoms with Crippen molar-refractivity contribution in [2.24, 2.45) is 0 Å². The second-order valence-electron chi connectivity index (χ2n) is 6.25. The first-order chi connectivity index (χ1) is 11.5. The highest BCUT2D eigenvalue weighted by Gasteiger charge is 2.42. The van der Waals surface area contributed by atoms with Crippen LogP contribution in [0, 0.1) is 0 Å². The zero-order valence-corrected chi connectivity index (χ0v) is 14.8. The predicted octanol–water partition coefficient (Wildman–Crippen LogP) is 0.521. The molecule has 2 rings (SSSR count). The molecular formula is C16H26N4O3S. The molecule has 2 aliphatic rings. The zero-order chi connectivity index (χ0) is 17.5. The fourth-order valence-electron chi connectivity index (χ4n) is 2.89.